The predicted octanol–water partition coefficient (Wildman–Crippen LogP) is 2.58. The number of hydrogen-bond acceptors (Lipinski definition) is 4. The van der Waals surface area contributed by atoms with Crippen LogP contribution in [0.2, 0.25) is 0 Å². The molecule has 0 saturated carbocycles. The van der Waals surface area contributed by atoms with Crippen molar-refractivity contribution in [2.75, 3.05) is 31.1 Å². The van der Waals surface area contributed by atoms with Crippen LogP contribution in [0.25, 0.3) is 0 Å². The minimum Gasteiger partial charge on any atom is -0.353 e. The molecule has 102 valence electrons. The highest BCUT2D eigenvalue weighted by Gasteiger charge is 2.30. The first-order valence-corrected chi connectivity index (χ1v) is 7.27. The van der Waals surface area contributed by atoms with Gasteiger partial charge in [-0.15, -0.1) is 0 Å². The Bertz CT molecular complexity index is 499. The van der Waals surface area contributed by atoms with E-state index >= 15 is 0 Å². The molecule has 0 amide bonds. The molecule has 2 rings (SSSR count). The number of pyridine rings is 1. The average molecular weight is 323 g/mol. The van der Waals surface area contributed by atoms with Gasteiger partial charge in [0.05, 0.1) is 10.5 Å². The van der Waals surface area contributed by atoms with E-state index in [2.05, 4.69) is 43.7 Å². The summed E-state index contributed by atoms with van der Waals surface area (Å²) in [5.41, 5.74) is 0.813. The van der Waals surface area contributed by atoms with Gasteiger partial charge in [-0.3, -0.25) is 4.90 Å². The van der Waals surface area contributed by atoms with Crippen LogP contribution in [0.15, 0.2) is 16.7 Å². The first kappa shape index (κ1) is 14.3. The van der Waals surface area contributed by atoms with Crippen LogP contribution in [-0.4, -0.2) is 41.6 Å². The van der Waals surface area contributed by atoms with Gasteiger partial charge in [-0.05, 0) is 48.3 Å². The molecule has 0 aromatic carbocycles. The zero-order valence-corrected chi connectivity index (χ0v) is 13.2. The fraction of sp³-hybridized carbons (Fsp3) is 0.571. The van der Waals surface area contributed by atoms with E-state index in [0.717, 1.165) is 36.5 Å². The Morgan fingerprint density at radius 3 is 2.53 bits per heavy atom. The lowest BCUT2D eigenvalue weighted by Crippen LogP contribution is -2.54. The molecule has 1 fully saturated rings. The third kappa shape index (κ3) is 2.90. The normalized spacial score (nSPS) is 17.3. The van der Waals surface area contributed by atoms with Crippen molar-refractivity contribution in [1.29, 1.82) is 5.26 Å². The number of nitrogens with zero attached hydrogens (tertiary/aromatic N) is 4. The lowest BCUT2D eigenvalue weighted by Gasteiger charge is -2.41. The summed E-state index contributed by atoms with van der Waals surface area (Å²) in [6.07, 6.45) is 1.85. The van der Waals surface area contributed by atoms with Crippen LogP contribution in [0.4, 0.5) is 5.82 Å². The number of nitriles is 1. The molecule has 19 heavy (non-hydrogen) atoms. The van der Waals surface area contributed by atoms with Gasteiger partial charge in [0.2, 0.25) is 0 Å². The predicted molar refractivity (Wildman–Crippen MR) is 80.2 cm³/mol. The number of rotatable bonds is 2. The Morgan fingerprint density at radius 1 is 1.32 bits per heavy atom. The third-order valence-electron chi connectivity index (χ3n) is 3.71. The van der Waals surface area contributed by atoms with Crippen molar-refractivity contribution in [2.45, 2.75) is 26.3 Å². The quantitative estimate of drug-likeness (QED) is 0.839. The standard InChI is InChI=1S/C14H19BrN4/c1-11-4-5-17-13(12(11)15)18-6-8-19(9-7-18)14(2,3)10-16/h4-5H,6-9H2,1-3H3. The maximum Gasteiger partial charge on any atom is 0.143 e. The van der Waals surface area contributed by atoms with Crippen molar-refractivity contribution in [3.8, 4) is 6.07 Å². The van der Waals surface area contributed by atoms with Gasteiger partial charge in [-0.2, -0.15) is 5.26 Å². The van der Waals surface area contributed by atoms with Crippen molar-refractivity contribution in [3.05, 3.63) is 22.3 Å². The van der Waals surface area contributed by atoms with Gasteiger partial charge in [0.1, 0.15) is 11.4 Å². The number of anilines is 1. The van der Waals surface area contributed by atoms with E-state index in [-0.39, 0.29) is 5.54 Å². The number of aryl methyl sites for hydroxylation is 1. The molecule has 5 heteroatoms. The minimum atomic E-state index is -0.386. The Hall–Kier alpha value is -1.12. The molecule has 0 unspecified atom stereocenters. The Labute approximate surface area is 123 Å². The molecule has 1 saturated heterocycles. The molecular weight excluding hydrogens is 304 g/mol. The largest absolute Gasteiger partial charge is 0.353 e. The Balaban J connectivity index is 2.09. The second-order valence-corrected chi connectivity index (χ2v) is 6.20. The van der Waals surface area contributed by atoms with Gasteiger partial charge < -0.3 is 4.90 Å². The summed E-state index contributed by atoms with van der Waals surface area (Å²) in [6, 6.07) is 4.37. The zero-order chi connectivity index (χ0) is 14.0. The lowest BCUT2D eigenvalue weighted by molar-refractivity contribution is 0.157. The van der Waals surface area contributed by atoms with Crippen molar-refractivity contribution in [3.63, 3.8) is 0 Å². The summed E-state index contributed by atoms with van der Waals surface area (Å²) in [5, 5.41) is 9.18. The first-order chi connectivity index (χ1) is 8.95. The highest BCUT2D eigenvalue weighted by Crippen LogP contribution is 2.28. The summed E-state index contributed by atoms with van der Waals surface area (Å²) < 4.78 is 1.07. The second kappa shape index (κ2) is 5.48. The van der Waals surface area contributed by atoms with Gasteiger partial charge in [0.25, 0.3) is 0 Å². The van der Waals surface area contributed by atoms with E-state index in [1.54, 1.807) is 0 Å². The monoisotopic (exact) mass is 322 g/mol. The molecule has 0 N–H and O–H groups in total. The van der Waals surface area contributed by atoms with Crippen LogP contribution in [0, 0.1) is 18.3 Å². The van der Waals surface area contributed by atoms with Gasteiger partial charge in [-0.25, -0.2) is 4.98 Å². The van der Waals surface area contributed by atoms with Crippen molar-refractivity contribution in [2.24, 2.45) is 0 Å². The average Bonchev–Trinajstić information content (AvgIpc) is 2.42. The fourth-order valence-electron chi connectivity index (χ4n) is 2.29. The topological polar surface area (TPSA) is 43.2 Å². The van der Waals surface area contributed by atoms with Crippen molar-refractivity contribution < 1.29 is 0 Å². The summed E-state index contributed by atoms with van der Waals surface area (Å²) in [6.45, 7) is 9.61. The lowest BCUT2D eigenvalue weighted by atomic mass is 10.0. The molecule has 2 heterocycles. The number of hydrogen-bond donors (Lipinski definition) is 0. The maximum atomic E-state index is 9.18. The molecule has 1 aliphatic rings. The molecule has 0 aliphatic carbocycles. The first-order valence-electron chi connectivity index (χ1n) is 6.48. The van der Waals surface area contributed by atoms with Gasteiger partial charge >= 0.3 is 0 Å². The molecule has 1 aliphatic heterocycles. The molecular formula is C14H19BrN4. The Morgan fingerprint density at radius 2 is 1.95 bits per heavy atom. The van der Waals surface area contributed by atoms with E-state index in [9.17, 15) is 5.26 Å². The van der Waals surface area contributed by atoms with Crippen LogP contribution in [0.5, 0.6) is 0 Å². The highest BCUT2D eigenvalue weighted by atomic mass is 79.9. The van der Waals surface area contributed by atoms with Crippen LogP contribution in [0.3, 0.4) is 0 Å². The highest BCUT2D eigenvalue weighted by molar-refractivity contribution is 9.10. The zero-order valence-electron chi connectivity index (χ0n) is 11.6. The van der Waals surface area contributed by atoms with E-state index in [1.165, 1.54) is 5.56 Å². The van der Waals surface area contributed by atoms with Gasteiger partial charge in [-0.1, -0.05) is 0 Å². The summed E-state index contributed by atoms with van der Waals surface area (Å²) in [4.78, 5) is 8.97. The van der Waals surface area contributed by atoms with E-state index < -0.39 is 0 Å². The number of piperazine rings is 1. The number of aromatic nitrogens is 1. The molecule has 0 bridgehead atoms. The SMILES string of the molecule is Cc1ccnc(N2CCN(C(C)(C)C#N)CC2)c1Br. The van der Waals surface area contributed by atoms with E-state index in [4.69, 9.17) is 0 Å². The smallest absolute Gasteiger partial charge is 0.143 e. The molecule has 0 spiro atoms. The second-order valence-electron chi connectivity index (χ2n) is 5.41. The van der Waals surface area contributed by atoms with Crippen molar-refractivity contribution in [1.82, 2.24) is 9.88 Å². The van der Waals surface area contributed by atoms with Crippen LogP contribution >= 0.6 is 15.9 Å². The summed E-state index contributed by atoms with van der Waals surface area (Å²) in [5.74, 6) is 1.01. The minimum absolute atomic E-state index is 0.386. The maximum absolute atomic E-state index is 9.18. The van der Waals surface area contributed by atoms with Crippen molar-refractivity contribution >= 4 is 21.7 Å². The van der Waals surface area contributed by atoms with E-state index in [1.807, 2.05) is 26.1 Å². The summed E-state index contributed by atoms with van der Waals surface area (Å²) in [7, 11) is 0. The molecule has 0 atom stereocenters. The van der Waals surface area contributed by atoms with Crippen LogP contribution < -0.4 is 4.90 Å². The fourth-order valence-corrected chi connectivity index (χ4v) is 2.78. The third-order valence-corrected chi connectivity index (χ3v) is 4.69. The molecule has 4 nitrogen and oxygen atoms in total. The van der Waals surface area contributed by atoms with Gasteiger partial charge in [0.15, 0.2) is 0 Å². The van der Waals surface area contributed by atoms with Crippen LogP contribution in [-0.2, 0) is 0 Å². The van der Waals surface area contributed by atoms with Crippen LogP contribution in [0.1, 0.15) is 19.4 Å². The van der Waals surface area contributed by atoms with E-state index in [0.29, 0.717) is 0 Å². The molecule has 1 aromatic rings. The summed E-state index contributed by atoms with van der Waals surface area (Å²) >= 11 is 3.61. The molecule has 0 radical (unpaired) electrons. The van der Waals surface area contributed by atoms with Gasteiger partial charge in [0, 0.05) is 32.4 Å². The number of halogens is 1. The molecule has 1 aromatic heterocycles. The Kier molecular flexibility index (Phi) is 4.12.